The van der Waals surface area contributed by atoms with E-state index >= 15 is 0 Å². The van der Waals surface area contributed by atoms with Crippen LogP contribution in [0.3, 0.4) is 0 Å². The van der Waals surface area contributed by atoms with E-state index in [1.165, 1.54) is 6.07 Å². The summed E-state index contributed by atoms with van der Waals surface area (Å²) in [5.74, 6) is -1.33. The van der Waals surface area contributed by atoms with Crippen molar-refractivity contribution in [1.29, 1.82) is 0 Å². The van der Waals surface area contributed by atoms with Crippen LogP contribution >= 0.6 is 11.3 Å². The van der Waals surface area contributed by atoms with Gasteiger partial charge in [-0.05, 0) is 31.4 Å². The predicted molar refractivity (Wildman–Crippen MR) is 76.4 cm³/mol. The van der Waals surface area contributed by atoms with Crippen molar-refractivity contribution in [1.82, 2.24) is 0 Å². The number of nitrogen functional groups attached to an aromatic ring is 1. The van der Waals surface area contributed by atoms with Crippen molar-refractivity contribution in [2.24, 2.45) is 0 Å². The third-order valence-corrected chi connectivity index (χ3v) is 3.77. The van der Waals surface area contributed by atoms with Gasteiger partial charge in [0.2, 0.25) is 0 Å². The molecule has 0 aliphatic heterocycles. The molecule has 2 rings (SSSR count). The van der Waals surface area contributed by atoms with Crippen molar-refractivity contribution in [3.05, 3.63) is 46.2 Å². The first-order valence-electron chi connectivity index (χ1n) is 6.02. The Balaban J connectivity index is 2.39. The van der Waals surface area contributed by atoms with Crippen molar-refractivity contribution < 1.29 is 8.78 Å². The zero-order valence-corrected chi connectivity index (χ0v) is 11.7. The van der Waals surface area contributed by atoms with Gasteiger partial charge in [0, 0.05) is 17.0 Å². The molecule has 2 aromatic rings. The van der Waals surface area contributed by atoms with Crippen molar-refractivity contribution in [2.45, 2.75) is 26.4 Å². The van der Waals surface area contributed by atoms with Crippen LogP contribution in [-0.4, -0.2) is 6.04 Å². The van der Waals surface area contributed by atoms with Crippen LogP contribution < -0.4 is 10.6 Å². The normalized spacial score (nSPS) is 11.0. The third-order valence-electron chi connectivity index (χ3n) is 2.91. The molecule has 1 aromatic heterocycles. The number of halogens is 2. The summed E-state index contributed by atoms with van der Waals surface area (Å²) in [5.41, 5.74) is 6.14. The van der Waals surface area contributed by atoms with E-state index in [4.69, 9.17) is 5.73 Å². The third kappa shape index (κ3) is 3.04. The number of hydrogen-bond acceptors (Lipinski definition) is 3. The summed E-state index contributed by atoms with van der Waals surface area (Å²) in [5, 5.41) is 1.98. The van der Waals surface area contributed by atoms with Crippen LogP contribution in [0, 0.1) is 11.6 Å². The summed E-state index contributed by atoms with van der Waals surface area (Å²) in [6.07, 6.45) is 0. The molecule has 0 aliphatic carbocycles. The SMILES string of the molecule is CC(C)N(Cc1cccs1)c1cc(F)cc(F)c1N. The minimum atomic E-state index is -0.716. The van der Waals surface area contributed by atoms with E-state index in [1.807, 2.05) is 36.3 Å². The Morgan fingerprint density at radius 2 is 2.05 bits per heavy atom. The Labute approximate surface area is 115 Å². The van der Waals surface area contributed by atoms with E-state index in [0.29, 0.717) is 12.2 Å². The topological polar surface area (TPSA) is 29.3 Å². The maximum atomic E-state index is 13.6. The summed E-state index contributed by atoms with van der Waals surface area (Å²) in [6, 6.07) is 6.12. The van der Waals surface area contributed by atoms with E-state index in [0.717, 1.165) is 10.9 Å². The second kappa shape index (κ2) is 5.57. The molecule has 0 saturated carbocycles. The highest BCUT2D eigenvalue weighted by molar-refractivity contribution is 7.09. The lowest BCUT2D eigenvalue weighted by Crippen LogP contribution is -2.30. The molecule has 0 aliphatic rings. The summed E-state index contributed by atoms with van der Waals surface area (Å²) in [4.78, 5) is 3.02. The standard InChI is InChI=1S/C14H16F2N2S/c1-9(2)18(8-11-4-3-5-19-11)13-7-10(15)6-12(16)14(13)17/h3-7,9H,8,17H2,1-2H3. The van der Waals surface area contributed by atoms with E-state index in [1.54, 1.807) is 11.3 Å². The number of thiophene rings is 1. The summed E-state index contributed by atoms with van der Waals surface area (Å²) < 4.78 is 26.9. The van der Waals surface area contributed by atoms with Crippen LogP contribution in [0.4, 0.5) is 20.2 Å². The Bertz CT molecular complexity index is 553. The van der Waals surface area contributed by atoms with Crippen LogP contribution in [0.15, 0.2) is 29.6 Å². The maximum absolute atomic E-state index is 13.6. The van der Waals surface area contributed by atoms with Crippen LogP contribution in [0.2, 0.25) is 0 Å². The molecule has 0 saturated heterocycles. The Morgan fingerprint density at radius 3 is 2.63 bits per heavy atom. The quantitative estimate of drug-likeness (QED) is 0.858. The highest BCUT2D eigenvalue weighted by Crippen LogP contribution is 2.30. The summed E-state index contributed by atoms with van der Waals surface area (Å²) in [7, 11) is 0. The molecule has 5 heteroatoms. The minimum Gasteiger partial charge on any atom is -0.395 e. The average molecular weight is 282 g/mol. The maximum Gasteiger partial charge on any atom is 0.151 e. The number of nitrogens with two attached hydrogens (primary N) is 1. The van der Waals surface area contributed by atoms with Gasteiger partial charge in [0.05, 0.1) is 17.9 Å². The molecule has 0 atom stereocenters. The van der Waals surface area contributed by atoms with Gasteiger partial charge in [-0.25, -0.2) is 8.78 Å². The molecule has 0 spiro atoms. The van der Waals surface area contributed by atoms with Gasteiger partial charge in [-0.1, -0.05) is 6.07 Å². The molecule has 0 fully saturated rings. The summed E-state index contributed by atoms with van der Waals surface area (Å²) >= 11 is 1.61. The van der Waals surface area contributed by atoms with E-state index in [2.05, 4.69) is 0 Å². The largest absolute Gasteiger partial charge is 0.395 e. The predicted octanol–water partition coefficient (Wildman–Crippen LogP) is 4.02. The molecule has 1 heterocycles. The van der Waals surface area contributed by atoms with Gasteiger partial charge in [0.15, 0.2) is 5.82 Å². The molecule has 2 nitrogen and oxygen atoms in total. The molecule has 0 unspecified atom stereocenters. The van der Waals surface area contributed by atoms with Gasteiger partial charge < -0.3 is 10.6 Å². The first kappa shape index (κ1) is 13.8. The second-order valence-electron chi connectivity index (χ2n) is 4.62. The first-order chi connectivity index (χ1) is 8.99. The molecule has 2 N–H and O–H groups in total. The zero-order chi connectivity index (χ0) is 14.0. The number of nitrogens with zero attached hydrogens (tertiary/aromatic N) is 1. The molecular formula is C14H16F2N2S. The number of rotatable bonds is 4. The van der Waals surface area contributed by atoms with E-state index in [9.17, 15) is 8.78 Å². The van der Waals surface area contributed by atoms with Crippen LogP contribution in [0.25, 0.3) is 0 Å². The Kier molecular flexibility index (Phi) is 4.04. The van der Waals surface area contributed by atoms with Crippen molar-refractivity contribution in [3.63, 3.8) is 0 Å². The molecule has 19 heavy (non-hydrogen) atoms. The van der Waals surface area contributed by atoms with Gasteiger partial charge >= 0.3 is 0 Å². The van der Waals surface area contributed by atoms with E-state index < -0.39 is 11.6 Å². The van der Waals surface area contributed by atoms with Gasteiger partial charge in [-0.2, -0.15) is 0 Å². The lowest BCUT2D eigenvalue weighted by atomic mass is 10.2. The van der Waals surface area contributed by atoms with Gasteiger partial charge in [0.1, 0.15) is 5.82 Å². The molecule has 0 amide bonds. The van der Waals surface area contributed by atoms with Crippen molar-refractivity contribution in [2.75, 3.05) is 10.6 Å². The monoisotopic (exact) mass is 282 g/mol. The average Bonchev–Trinajstić information content (AvgIpc) is 2.83. The van der Waals surface area contributed by atoms with Crippen LogP contribution in [0.1, 0.15) is 18.7 Å². The first-order valence-corrected chi connectivity index (χ1v) is 6.90. The van der Waals surface area contributed by atoms with Crippen LogP contribution in [-0.2, 0) is 6.54 Å². The molecule has 102 valence electrons. The fraction of sp³-hybridized carbons (Fsp3) is 0.286. The molecule has 0 bridgehead atoms. The van der Waals surface area contributed by atoms with Crippen LogP contribution in [0.5, 0.6) is 0 Å². The molecule has 1 aromatic carbocycles. The fourth-order valence-corrected chi connectivity index (χ4v) is 2.63. The Morgan fingerprint density at radius 1 is 1.32 bits per heavy atom. The van der Waals surface area contributed by atoms with Gasteiger partial charge in [-0.15, -0.1) is 11.3 Å². The Hall–Kier alpha value is -1.62. The highest BCUT2D eigenvalue weighted by atomic mass is 32.1. The summed E-state index contributed by atoms with van der Waals surface area (Å²) in [6.45, 7) is 4.52. The van der Waals surface area contributed by atoms with Gasteiger partial charge in [-0.3, -0.25) is 0 Å². The number of benzene rings is 1. The number of anilines is 2. The van der Waals surface area contributed by atoms with Crippen molar-refractivity contribution in [3.8, 4) is 0 Å². The lowest BCUT2D eigenvalue weighted by molar-refractivity contribution is 0.582. The number of hydrogen-bond donors (Lipinski definition) is 1. The van der Waals surface area contributed by atoms with E-state index in [-0.39, 0.29) is 11.7 Å². The van der Waals surface area contributed by atoms with Crippen molar-refractivity contribution >= 4 is 22.7 Å². The zero-order valence-electron chi connectivity index (χ0n) is 10.9. The minimum absolute atomic E-state index is 0.00773. The lowest BCUT2D eigenvalue weighted by Gasteiger charge is -2.29. The second-order valence-corrected chi connectivity index (χ2v) is 5.65. The fourth-order valence-electron chi connectivity index (χ4n) is 1.93. The highest BCUT2D eigenvalue weighted by Gasteiger charge is 2.18. The molecule has 0 radical (unpaired) electrons. The smallest absolute Gasteiger partial charge is 0.151 e. The molecular weight excluding hydrogens is 266 g/mol. The van der Waals surface area contributed by atoms with Gasteiger partial charge in [0.25, 0.3) is 0 Å².